The summed E-state index contributed by atoms with van der Waals surface area (Å²) in [4.78, 5) is 41.9. The zero-order valence-corrected chi connectivity index (χ0v) is 18.3. The van der Waals surface area contributed by atoms with Crippen LogP contribution in [0, 0.1) is 0 Å². The molecule has 1 heterocycles. The Kier molecular flexibility index (Phi) is 5.81. The Balaban J connectivity index is 1.62. The highest BCUT2D eigenvalue weighted by Gasteiger charge is 2.34. The first kappa shape index (κ1) is 21.4. The normalized spacial score (nSPS) is 13.2. The Morgan fingerprint density at radius 3 is 2.41 bits per heavy atom. The molecular formula is C25H25N3O4. The molecule has 0 radical (unpaired) electrons. The maximum absolute atomic E-state index is 13.4. The highest BCUT2D eigenvalue weighted by molar-refractivity contribution is 6.26. The maximum atomic E-state index is 13.4. The quantitative estimate of drug-likeness (QED) is 0.624. The highest BCUT2D eigenvalue weighted by Crippen LogP contribution is 2.37. The average Bonchev–Trinajstić information content (AvgIpc) is 3.09. The summed E-state index contributed by atoms with van der Waals surface area (Å²) in [5, 5.41) is 4.41. The van der Waals surface area contributed by atoms with Gasteiger partial charge in [0.2, 0.25) is 11.8 Å². The minimum absolute atomic E-state index is 0.149. The van der Waals surface area contributed by atoms with Gasteiger partial charge in [-0.25, -0.2) is 0 Å². The lowest BCUT2D eigenvalue weighted by Crippen LogP contribution is -2.50. The number of hydrogen-bond donors (Lipinski definition) is 1. The molecule has 164 valence electrons. The number of amides is 3. The largest absolute Gasteiger partial charge is 0.497 e. The molecule has 3 amide bonds. The Morgan fingerprint density at radius 2 is 1.75 bits per heavy atom. The van der Waals surface area contributed by atoms with E-state index in [0.29, 0.717) is 17.0 Å². The monoisotopic (exact) mass is 431 g/mol. The van der Waals surface area contributed by atoms with Crippen LogP contribution >= 0.6 is 0 Å². The van der Waals surface area contributed by atoms with Gasteiger partial charge in [-0.2, -0.15) is 0 Å². The van der Waals surface area contributed by atoms with Crippen molar-refractivity contribution in [2.45, 2.75) is 19.5 Å². The maximum Gasteiger partial charge on any atom is 0.259 e. The summed E-state index contributed by atoms with van der Waals surface area (Å²) in [5.74, 6) is -0.0817. The summed E-state index contributed by atoms with van der Waals surface area (Å²) in [6.07, 6.45) is 0. The van der Waals surface area contributed by atoms with Gasteiger partial charge >= 0.3 is 0 Å². The molecule has 0 saturated carbocycles. The molecule has 0 aromatic heterocycles. The summed E-state index contributed by atoms with van der Waals surface area (Å²) in [7, 11) is 3.13. The van der Waals surface area contributed by atoms with E-state index in [2.05, 4.69) is 5.32 Å². The lowest BCUT2D eigenvalue weighted by atomic mass is 10.1. The minimum Gasteiger partial charge on any atom is -0.497 e. The molecule has 3 aromatic carbocycles. The molecule has 7 heteroatoms. The predicted octanol–water partition coefficient (Wildman–Crippen LogP) is 2.97. The number of likely N-dealkylation sites (N-methyl/N-ethyl adjacent to an activating group) is 1. The number of hydrogen-bond acceptors (Lipinski definition) is 4. The number of anilines is 1. The molecule has 32 heavy (non-hydrogen) atoms. The first-order valence-corrected chi connectivity index (χ1v) is 10.4. The van der Waals surface area contributed by atoms with E-state index in [0.717, 1.165) is 16.3 Å². The summed E-state index contributed by atoms with van der Waals surface area (Å²) in [5.41, 5.74) is 2.16. The number of methoxy groups -OCH3 is 1. The fourth-order valence-corrected chi connectivity index (χ4v) is 4.08. The van der Waals surface area contributed by atoms with Gasteiger partial charge in [-0.05, 0) is 42.1 Å². The summed E-state index contributed by atoms with van der Waals surface area (Å²) in [6, 6.07) is 17.9. The van der Waals surface area contributed by atoms with E-state index in [1.807, 2.05) is 54.6 Å². The van der Waals surface area contributed by atoms with Crippen molar-refractivity contribution in [1.82, 2.24) is 10.2 Å². The fourth-order valence-electron chi connectivity index (χ4n) is 4.08. The molecule has 0 bridgehead atoms. The smallest absolute Gasteiger partial charge is 0.259 e. The third-order valence-electron chi connectivity index (χ3n) is 5.87. The number of nitrogens with zero attached hydrogens (tertiary/aromatic N) is 2. The van der Waals surface area contributed by atoms with E-state index in [-0.39, 0.29) is 30.8 Å². The number of rotatable bonds is 7. The second-order valence-electron chi connectivity index (χ2n) is 7.73. The second-order valence-corrected chi connectivity index (χ2v) is 7.73. The zero-order chi connectivity index (χ0) is 22.8. The minimum atomic E-state index is -0.703. The van der Waals surface area contributed by atoms with Crippen molar-refractivity contribution in [3.8, 4) is 5.75 Å². The molecule has 1 N–H and O–H groups in total. The Hall–Kier alpha value is -3.87. The van der Waals surface area contributed by atoms with Crippen molar-refractivity contribution in [2.24, 2.45) is 0 Å². The van der Waals surface area contributed by atoms with Gasteiger partial charge in [-0.15, -0.1) is 0 Å². The van der Waals surface area contributed by atoms with Crippen LogP contribution < -0.4 is 15.0 Å². The van der Waals surface area contributed by atoms with Gasteiger partial charge in [-0.3, -0.25) is 19.3 Å². The number of carbonyl (C=O) groups is 3. The Labute approximate surface area is 186 Å². The van der Waals surface area contributed by atoms with Crippen LogP contribution in [-0.2, 0) is 16.1 Å². The number of ether oxygens (including phenoxy) is 1. The fraction of sp³-hybridized carbons (Fsp3) is 0.240. The van der Waals surface area contributed by atoms with Gasteiger partial charge < -0.3 is 15.0 Å². The van der Waals surface area contributed by atoms with Crippen molar-refractivity contribution < 1.29 is 19.1 Å². The molecule has 3 aromatic rings. The van der Waals surface area contributed by atoms with E-state index >= 15 is 0 Å². The predicted molar refractivity (Wildman–Crippen MR) is 123 cm³/mol. The SMILES string of the molecule is CNC(=O)C(C)N(Cc1ccc(OC)cc1)C(=O)CN1C(=O)c2cccc3cccc1c23. The van der Waals surface area contributed by atoms with Gasteiger partial charge in [0.05, 0.1) is 12.8 Å². The molecule has 0 saturated heterocycles. The van der Waals surface area contributed by atoms with Crippen LogP contribution in [0.15, 0.2) is 60.7 Å². The molecule has 4 rings (SSSR count). The molecule has 0 aliphatic carbocycles. The summed E-state index contributed by atoms with van der Waals surface area (Å²) in [6.45, 7) is 1.77. The molecule has 7 nitrogen and oxygen atoms in total. The van der Waals surface area contributed by atoms with Crippen molar-refractivity contribution in [3.63, 3.8) is 0 Å². The molecule has 1 atom stereocenters. The molecule has 1 aliphatic rings. The van der Waals surface area contributed by atoms with Crippen LogP contribution in [0.1, 0.15) is 22.8 Å². The standard InChI is InChI=1S/C25H25N3O4/c1-16(24(30)26-2)27(14-17-10-12-19(32-3)13-11-17)22(29)15-28-21-9-5-7-18-6-4-8-20(23(18)21)25(28)31/h4-13,16H,14-15H2,1-3H3,(H,26,30). The number of carbonyl (C=O) groups excluding carboxylic acids is 3. The summed E-state index contributed by atoms with van der Waals surface area (Å²) < 4.78 is 5.19. The number of benzene rings is 3. The van der Waals surface area contributed by atoms with Crippen molar-refractivity contribution >= 4 is 34.2 Å². The van der Waals surface area contributed by atoms with Crippen LogP contribution in [0.4, 0.5) is 5.69 Å². The van der Waals surface area contributed by atoms with Crippen LogP contribution in [0.5, 0.6) is 5.75 Å². The highest BCUT2D eigenvalue weighted by atomic mass is 16.5. The number of nitrogens with one attached hydrogen (secondary N) is 1. The molecular weight excluding hydrogens is 406 g/mol. The van der Waals surface area contributed by atoms with E-state index in [1.165, 1.54) is 16.8 Å². The van der Waals surface area contributed by atoms with Crippen LogP contribution in [0.25, 0.3) is 10.8 Å². The lowest BCUT2D eigenvalue weighted by Gasteiger charge is -2.30. The average molecular weight is 431 g/mol. The van der Waals surface area contributed by atoms with Crippen LogP contribution in [0.2, 0.25) is 0 Å². The first-order valence-electron chi connectivity index (χ1n) is 10.4. The molecule has 0 spiro atoms. The van der Waals surface area contributed by atoms with E-state index < -0.39 is 6.04 Å². The van der Waals surface area contributed by atoms with E-state index in [9.17, 15) is 14.4 Å². The first-order chi connectivity index (χ1) is 15.4. The van der Waals surface area contributed by atoms with Gasteiger partial charge in [0.25, 0.3) is 5.91 Å². The van der Waals surface area contributed by atoms with E-state index in [1.54, 1.807) is 20.1 Å². The van der Waals surface area contributed by atoms with Crippen LogP contribution in [0.3, 0.4) is 0 Å². The topological polar surface area (TPSA) is 79.0 Å². The van der Waals surface area contributed by atoms with E-state index in [4.69, 9.17) is 4.74 Å². The molecule has 1 unspecified atom stereocenters. The van der Waals surface area contributed by atoms with Crippen molar-refractivity contribution in [1.29, 1.82) is 0 Å². The van der Waals surface area contributed by atoms with Crippen molar-refractivity contribution in [3.05, 3.63) is 71.8 Å². The van der Waals surface area contributed by atoms with Crippen molar-refractivity contribution in [2.75, 3.05) is 25.6 Å². The zero-order valence-electron chi connectivity index (χ0n) is 18.3. The lowest BCUT2D eigenvalue weighted by molar-refractivity contribution is -0.139. The van der Waals surface area contributed by atoms with Gasteiger partial charge in [0.1, 0.15) is 18.3 Å². The van der Waals surface area contributed by atoms with Gasteiger partial charge in [0, 0.05) is 24.5 Å². The third-order valence-corrected chi connectivity index (χ3v) is 5.87. The van der Waals surface area contributed by atoms with Crippen LogP contribution in [-0.4, -0.2) is 49.4 Å². The second kappa shape index (κ2) is 8.70. The summed E-state index contributed by atoms with van der Waals surface area (Å²) >= 11 is 0. The Morgan fingerprint density at radius 1 is 1.06 bits per heavy atom. The third kappa shape index (κ3) is 3.77. The van der Waals surface area contributed by atoms with Gasteiger partial charge in [-0.1, -0.05) is 36.4 Å². The Bertz CT molecular complexity index is 1180. The molecule has 0 fully saturated rings. The van der Waals surface area contributed by atoms with Gasteiger partial charge in [0.15, 0.2) is 0 Å². The molecule has 1 aliphatic heterocycles.